The molecule has 0 aliphatic carbocycles. The Hall–Kier alpha value is -1.76. The molecule has 0 heterocycles. The van der Waals surface area contributed by atoms with Gasteiger partial charge >= 0.3 is 0 Å². The van der Waals surface area contributed by atoms with Gasteiger partial charge in [-0.25, -0.2) is 0 Å². The third-order valence-corrected chi connectivity index (χ3v) is 3.55. The molecule has 3 heteroatoms. The first-order valence-corrected chi connectivity index (χ1v) is 7.59. The normalized spacial score (nSPS) is 10.1. The zero-order valence-electron chi connectivity index (χ0n) is 12.0. The van der Waals surface area contributed by atoms with Gasteiger partial charge in [0.15, 0.2) is 0 Å². The van der Waals surface area contributed by atoms with E-state index < -0.39 is 0 Å². The number of rotatable bonds is 6. The zero-order valence-corrected chi connectivity index (χ0v) is 13.6. The molecular formula is C18H18BrNO. The van der Waals surface area contributed by atoms with E-state index in [2.05, 4.69) is 64.4 Å². The van der Waals surface area contributed by atoms with Crippen LogP contribution in [0.3, 0.4) is 0 Å². The highest BCUT2D eigenvalue weighted by Gasteiger charge is 2.04. The van der Waals surface area contributed by atoms with Crippen molar-refractivity contribution in [3.05, 3.63) is 63.6 Å². The van der Waals surface area contributed by atoms with Crippen LogP contribution in [0.4, 0.5) is 0 Å². The Kier molecular flexibility index (Phi) is 5.86. The fourth-order valence-corrected chi connectivity index (χ4v) is 2.52. The first-order chi connectivity index (χ1) is 10.2. The van der Waals surface area contributed by atoms with Gasteiger partial charge in [-0.15, -0.1) is 6.42 Å². The Morgan fingerprint density at radius 2 is 2.05 bits per heavy atom. The average molecular weight is 344 g/mol. The minimum Gasteiger partial charge on any atom is -0.481 e. The monoisotopic (exact) mass is 343 g/mol. The SMILES string of the molecule is C#CCOc1ccc(Br)cc1CNCc1cccc(C)c1. The smallest absolute Gasteiger partial charge is 0.148 e. The van der Waals surface area contributed by atoms with Gasteiger partial charge in [-0.1, -0.05) is 51.7 Å². The van der Waals surface area contributed by atoms with Crippen molar-refractivity contribution in [1.29, 1.82) is 0 Å². The molecule has 0 bridgehead atoms. The topological polar surface area (TPSA) is 21.3 Å². The van der Waals surface area contributed by atoms with Crippen LogP contribution >= 0.6 is 15.9 Å². The summed E-state index contributed by atoms with van der Waals surface area (Å²) >= 11 is 3.49. The van der Waals surface area contributed by atoms with Crippen molar-refractivity contribution in [3.63, 3.8) is 0 Å². The Labute approximate surface area is 134 Å². The van der Waals surface area contributed by atoms with Gasteiger partial charge < -0.3 is 10.1 Å². The van der Waals surface area contributed by atoms with Crippen LogP contribution in [0, 0.1) is 19.3 Å². The quantitative estimate of drug-likeness (QED) is 0.798. The number of ether oxygens (including phenoxy) is 1. The molecule has 21 heavy (non-hydrogen) atoms. The van der Waals surface area contributed by atoms with E-state index in [0.29, 0.717) is 0 Å². The first-order valence-electron chi connectivity index (χ1n) is 6.80. The molecule has 2 nitrogen and oxygen atoms in total. The van der Waals surface area contributed by atoms with E-state index in [1.807, 2.05) is 12.1 Å². The summed E-state index contributed by atoms with van der Waals surface area (Å²) in [7, 11) is 0. The molecule has 0 aliphatic heterocycles. The number of hydrogen-bond donors (Lipinski definition) is 1. The van der Waals surface area contributed by atoms with E-state index in [-0.39, 0.29) is 6.61 Å². The van der Waals surface area contributed by atoms with Crippen molar-refractivity contribution in [2.75, 3.05) is 6.61 Å². The maximum atomic E-state index is 5.57. The summed E-state index contributed by atoms with van der Waals surface area (Å²) in [6, 6.07) is 14.4. The van der Waals surface area contributed by atoms with Crippen molar-refractivity contribution >= 4 is 15.9 Å². The van der Waals surface area contributed by atoms with E-state index in [1.165, 1.54) is 11.1 Å². The van der Waals surface area contributed by atoms with Crippen molar-refractivity contribution in [1.82, 2.24) is 5.32 Å². The highest BCUT2D eigenvalue weighted by molar-refractivity contribution is 9.10. The fraction of sp³-hybridized carbons (Fsp3) is 0.222. The van der Waals surface area contributed by atoms with Crippen LogP contribution in [-0.2, 0) is 13.1 Å². The number of halogens is 1. The number of hydrogen-bond acceptors (Lipinski definition) is 2. The number of benzene rings is 2. The van der Waals surface area contributed by atoms with E-state index in [1.54, 1.807) is 0 Å². The predicted octanol–water partition coefficient (Wildman–Crippen LogP) is 4.06. The summed E-state index contributed by atoms with van der Waals surface area (Å²) in [6.07, 6.45) is 5.25. The molecular weight excluding hydrogens is 326 g/mol. The largest absolute Gasteiger partial charge is 0.481 e. The molecule has 0 fully saturated rings. The van der Waals surface area contributed by atoms with Gasteiger partial charge in [0.1, 0.15) is 12.4 Å². The van der Waals surface area contributed by atoms with Gasteiger partial charge in [-0.3, -0.25) is 0 Å². The van der Waals surface area contributed by atoms with Crippen LogP contribution in [-0.4, -0.2) is 6.61 Å². The Morgan fingerprint density at radius 3 is 2.81 bits per heavy atom. The van der Waals surface area contributed by atoms with Crippen LogP contribution < -0.4 is 10.1 Å². The molecule has 0 unspecified atom stereocenters. The van der Waals surface area contributed by atoms with Crippen molar-refractivity contribution in [2.45, 2.75) is 20.0 Å². The molecule has 2 rings (SSSR count). The summed E-state index contributed by atoms with van der Waals surface area (Å²) in [5, 5.41) is 3.44. The Morgan fingerprint density at radius 1 is 1.19 bits per heavy atom. The highest BCUT2D eigenvalue weighted by atomic mass is 79.9. The van der Waals surface area contributed by atoms with Crippen molar-refractivity contribution in [2.24, 2.45) is 0 Å². The maximum Gasteiger partial charge on any atom is 0.148 e. The molecule has 0 amide bonds. The molecule has 0 saturated heterocycles. The molecule has 0 aliphatic rings. The van der Waals surface area contributed by atoms with E-state index in [0.717, 1.165) is 28.9 Å². The minimum absolute atomic E-state index is 0.284. The molecule has 0 spiro atoms. The summed E-state index contributed by atoms with van der Waals surface area (Å²) in [4.78, 5) is 0. The van der Waals surface area contributed by atoms with Crippen LogP contribution in [0.2, 0.25) is 0 Å². The lowest BCUT2D eigenvalue weighted by molar-refractivity contribution is 0.364. The van der Waals surface area contributed by atoms with E-state index in [9.17, 15) is 0 Å². The summed E-state index contributed by atoms with van der Waals surface area (Å²) < 4.78 is 6.60. The molecule has 2 aromatic rings. The van der Waals surface area contributed by atoms with E-state index in [4.69, 9.17) is 11.2 Å². The van der Waals surface area contributed by atoms with Crippen LogP contribution in [0.25, 0.3) is 0 Å². The molecule has 2 aromatic carbocycles. The van der Waals surface area contributed by atoms with Crippen molar-refractivity contribution in [3.8, 4) is 18.1 Å². The molecule has 0 atom stereocenters. The third kappa shape index (κ3) is 4.93. The molecule has 0 saturated carbocycles. The average Bonchev–Trinajstić information content (AvgIpc) is 2.46. The van der Waals surface area contributed by atoms with Gasteiger partial charge in [0.25, 0.3) is 0 Å². The fourth-order valence-electron chi connectivity index (χ4n) is 2.11. The highest BCUT2D eigenvalue weighted by Crippen LogP contribution is 2.23. The molecule has 1 N–H and O–H groups in total. The second-order valence-electron chi connectivity index (χ2n) is 4.84. The third-order valence-electron chi connectivity index (χ3n) is 3.06. The lowest BCUT2D eigenvalue weighted by Crippen LogP contribution is -2.14. The zero-order chi connectivity index (χ0) is 15.1. The van der Waals surface area contributed by atoms with Crippen LogP contribution in [0.15, 0.2) is 46.9 Å². The van der Waals surface area contributed by atoms with Crippen LogP contribution in [0.1, 0.15) is 16.7 Å². The number of aryl methyl sites for hydroxylation is 1. The summed E-state index contributed by atoms with van der Waals surface area (Å²) in [5.74, 6) is 3.32. The van der Waals surface area contributed by atoms with Gasteiger partial charge in [0.05, 0.1) is 0 Å². The number of nitrogens with one attached hydrogen (secondary N) is 1. The second kappa shape index (κ2) is 7.87. The summed E-state index contributed by atoms with van der Waals surface area (Å²) in [6.45, 7) is 3.94. The predicted molar refractivity (Wildman–Crippen MR) is 90.2 cm³/mol. The Balaban J connectivity index is 1.99. The van der Waals surface area contributed by atoms with Crippen LogP contribution in [0.5, 0.6) is 5.75 Å². The summed E-state index contributed by atoms with van der Waals surface area (Å²) in [5.41, 5.74) is 3.64. The molecule has 108 valence electrons. The van der Waals surface area contributed by atoms with Gasteiger partial charge in [0.2, 0.25) is 0 Å². The lowest BCUT2D eigenvalue weighted by atomic mass is 10.1. The van der Waals surface area contributed by atoms with E-state index >= 15 is 0 Å². The standard InChI is InChI=1S/C18H18BrNO/c1-3-9-21-18-8-7-17(19)11-16(18)13-20-12-15-6-4-5-14(2)10-15/h1,4-8,10-11,20H,9,12-13H2,2H3. The van der Waals surface area contributed by atoms with Gasteiger partial charge in [-0.2, -0.15) is 0 Å². The Bertz CT molecular complexity index is 646. The molecule has 0 radical (unpaired) electrons. The number of terminal acetylenes is 1. The lowest BCUT2D eigenvalue weighted by Gasteiger charge is -2.11. The van der Waals surface area contributed by atoms with Crippen molar-refractivity contribution < 1.29 is 4.74 Å². The first kappa shape index (κ1) is 15.6. The molecule has 0 aromatic heterocycles. The van der Waals surface area contributed by atoms with Gasteiger partial charge in [-0.05, 0) is 30.7 Å². The second-order valence-corrected chi connectivity index (χ2v) is 5.75. The minimum atomic E-state index is 0.284. The maximum absolute atomic E-state index is 5.57. The van der Waals surface area contributed by atoms with Gasteiger partial charge in [0, 0.05) is 23.1 Å².